The average Bonchev–Trinajstić information content (AvgIpc) is 3.30. The average molecular weight is 595 g/mol. The molecule has 1 amide bonds. The smallest absolute Gasteiger partial charge is 0.366 e. The predicted octanol–water partition coefficient (Wildman–Crippen LogP) is 5.87. The van der Waals surface area contributed by atoms with Crippen LogP contribution < -0.4 is 22.1 Å². The SMILES string of the molecule is NCc1ccc(Cl)c(Nc2nc3cc(C(N)=O)c([C@@]45CNC[C@H]4C5)cc3n2CC2CCC(C(F)(F)F)CC2)c1Cl. The van der Waals surface area contributed by atoms with Crippen LogP contribution in [-0.4, -0.2) is 34.7 Å². The van der Waals surface area contributed by atoms with Gasteiger partial charge < -0.3 is 26.7 Å². The standard InChI is InChI=1S/C28H31Cl2F3N6O/c29-20-6-3-15(10-34)23(30)24(20)38-26-37-21-7-18(25(35)40)19(27-9-17(27)11-36-13-27)8-22(21)39(26)12-14-1-4-16(5-2-14)28(31,32)33/h3,6-8,14,16-17,36H,1-2,4-5,9-13,34H2,(H2,35,40)(H,37,38)/t14?,16?,17-,27+/m1/s1. The Morgan fingerprint density at radius 3 is 2.55 bits per heavy atom. The van der Waals surface area contributed by atoms with Crippen LogP contribution in [-0.2, 0) is 18.5 Å². The van der Waals surface area contributed by atoms with Crippen molar-refractivity contribution in [1.82, 2.24) is 14.9 Å². The molecule has 2 heterocycles. The number of carbonyl (C=O) groups excluding carboxylic acids is 1. The second-order valence-corrected chi connectivity index (χ2v) is 12.3. The van der Waals surface area contributed by atoms with Gasteiger partial charge >= 0.3 is 6.18 Å². The molecule has 2 saturated carbocycles. The molecule has 3 fully saturated rings. The van der Waals surface area contributed by atoms with Gasteiger partial charge in [0.1, 0.15) is 0 Å². The molecule has 12 heteroatoms. The number of nitrogens with one attached hydrogen (secondary N) is 2. The number of amides is 1. The summed E-state index contributed by atoms with van der Waals surface area (Å²) >= 11 is 13.1. The zero-order valence-electron chi connectivity index (χ0n) is 21.8. The number of nitrogens with zero attached hydrogens (tertiary/aromatic N) is 2. The number of hydrogen-bond acceptors (Lipinski definition) is 5. The summed E-state index contributed by atoms with van der Waals surface area (Å²) in [5.41, 5.74) is 15.4. The number of anilines is 2. The first-order valence-electron chi connectivity index (χ1n) is 13.6. The van der Waals surface area contributed by atoms with Crippen LogP contribution in [0.4, 0.5) is 24.8 Å². The van der Waals surface area contributed by atoms with E-state index in [1.165, 1.54) is 0 Å². The van der Waals surface area contributed by atoms with Gasteiger partial charge in [-0.2, -0.15) is 13.2 Å². The van der Waals surface area contributed by atoms with Crippen molar-refractivity contribution in [2.75, 3.05) is 18.4 Å². The summed E-state index contributed by atoms with van der Waals surface area (Å²) in [5, 5.41) is 7.44. The number of piperidine rings is 1. The molecule has 6 rings (SSSR count). The number of alkyl halides is 3. The Balaban J connectivity index is 1.44. The summed E-state index contributed by atoms with van der Waals surface area (Å²) in [4.78, 5) is 17.4. The number of nitrogens with two attached hydrogens (primary N) is 2. The van der Waals surface area contributed by atoms with Gasteiger partial charge in [0.25, 0.3) is 0 Å². The number of imidazole rings is 1. The van der Waals surface area contributed by atoms with Crippen molar-refractivity contribution in [1.29, 1.82) is 0 Å². The fraction of sp³-hybridized carbons (Fsp3) is 0.500. The summed E-state index contributed by atoms with van der Waals surface area (Å²) < 4.78 is 42.0. The Bertz CT molecular complexity index is 1480. The van der Waals surface area contributed by atoms with Crippen molar-refractivity contribution < 1.29 is 18.0 Å². The Morgan fingerprint density at radius 2 is 1.95 bits per heavy atom. The maximum Gasteiger partial charge on any atom is 0.391 e. The highest BCUT2D eigenvalue weighted by molar-refractivity contribution is 6.39. The first-order valence-corrected chi connectivity index (χ1v) is 14.3. The zero-order chi connectivity index (χ0) is 28.4. The molecule has 3 aliphatic rings. The van der Waals surface area contributed by atoms with Crippen LogP contribution in [0.5, 0.6) is 0 Å². The van der Waals surface area contributed by atoms with E-state index in [4.69, 9.17) is 39.7 Å². The molecule has 2 atom stereocenters. The van der Waals surface area contributed by atoms with Crippen LogP contribution in [0, 0.1) is 17.8 Å². The van der Waals surface area contributed by atoms with E-state index in [1.54, 1.807) is 18.2 Å². The third kappa shape index (κ3) is 4.72. The van der Waals surface area contributed by atoms with E-state index < -0.39 is 18.0 Å². The monoisotopic (exact) mass is 594 g/mol. The molecule has 0 spiro atoms. The number of halogens is 5. The number of benzene rings is 2. The molecular formula is C28H31Cl2F3N6O. The summed E-state index contributed by atoms with van der Waals surface area (Å²) in [6.45, 7) is 2.33. The molecule has 2 aromatic carbocycles. The largest absolute Gasteiger partial charge is 0.391 e. The molecule has 0 radical (unpaired) electrons. The van der Waals surface area contributed by atoms with Gasteiger partial charge in [0.2, 0.25) is 11.9 Å². The zero-order valence-corrected chi connectivity index (χ0v) is 23.3. The van der Waals surface area contributed by atoms with Gasteiger partial charge in [-0.3, -0.25) is 4.79 Å². The van der Waals surface area contributed by atoms with Crippen molar-refractivity contribution >= 4 is 51.8 Å². The number of aromatic nitrogens is 2. The van der Waals surface area contributed by atoms with Gasteiger partial charge in [0.05, 0.1) is 32.7 Å². The number of primary amides is 1. The van der Waals surface area contributed by atoms with Gasteiger partial charge in [-0.25, -0.2) is 4.98 Å². The van der Waals surface area contributed by atoms with Crippen molar-refractivity contribution in [3.8, 4) is 0 Å². The fourth-order valence-electron chi connectivity index (χ4n) is 6.74. The summed E-state index contributed by atoms with van der Waals surface area (Å²) in [6.07, 6.45) is -2.08. The van der Waals surface area contributed by atoms with Crippen LogP contribution in [0.2, 0.25) is 10.0 Å². The number of rotatable bonds is 7. The summed E-state index contributed by atoms with van der Waals surface area (Å²) in [6, 6.07) is 7.19. The lowest BCUT2D eigenvalue weighted by Gasteiger charge is -2.30. The highest BCUT2D eigenvalue weighted by Crippen LogP contribution is 2.57. The van der Waals surface area contributed by atoms with Gasteiger partial charge in [-0.05, 0) is 79.8 Å². The van der Waals surface area contributed by atoms with E-state index in [9.17, 15) is 18.0 Å². The Labute approximate surface area is 239 Å². The van der Waals surface area contributed by atoms with Crippen LogP contribution >= 0.6 is 23.2 Å². The quantitative estimate of drug-likeness (QED) is 0.273. The molecule has 3 aromatic rings. The Hall–Kier alpha value is -2.53. The van der Waals surface area contributed by atoms with Crippen molar-refractivity contribution in [3.63, 3.8) is 0 Å². The van der Waals surface area contributed by atoms with Gasteiger partial charge in [0, 0.05) is 30.6 Å². The maximum absolute atomic E-state index is 13.3. The second kappa shape index (κ2) is 10.1. The van der Waals surface area contributed by atoms with E-state index in [1.807, 2.05) is 10.6 Å². The predicted molar refractivity (Wildman–Crippen MR) is 150 cm³/mol. The normalized spacial score (nSPS) is 26.2. The van der Waals surface area contributed by atoms with E-state index in [0.717, 1.165) is 30.6 Å². The van der Waals surface area contributed by atoms with Crippen molar-refractivity contribution in [2.45, 2.75) is 56.8 Å². The van der Waals surface area contributed by atoms with Crippen LogP contribution in [0.25, 0.3) is 11.0 Å². The number of fused-ring (bicyclic) bond motifs is 2. The highest BCUT2D eigenvalue weighted by atomic mass is 35.5. The van der Waals surface area contributed by atoms with Crippen LogP contribution in [0.3, 0.4) is 0 Å². The molecule has 1 saturated heterocycles. The third-order valence-corrected chi connectivity index (χ3v) is 9.88. The molecule has 1 aliphatic heterocycles. The molecule has 40 heavy (non-hydrogen) atoms. The molecule has 214 valence electrons. The lowest BCUT2D eigenvalue weighted by Crippen LogP contribution is -2.29. The minimum atomic E-state index is -4.17. The van der Waals surface area contributed by atoms with E-state index in [2.05, 4.69) is 10.6 Å². The van der Waals surface area contributed by atoms with E-state index in [-0.39, 0.29) is 30.7 Å². The molecule has 2 aliphatic carbocycles. The number of carbonyl (C=O) groups is 1. The van der Waals surface area contributed by atoms with E-state index >= 15 is 0 Å². The lowest BCUT2D eigenvalue weighted by atomic mass is 9.81. The van der Waals surface area contributed by atoms with Crippen molar-refractivity contribution in [3.05, 3.63) is 51.0 Å². The molecular weight excluding hydrogens is 564 g/mol. The minimum absolute atomic E-state index is 0.0251. The Kier molecular flexibility index (Phi) is 6.96. The van der Waals surface area contributed by atoms with Crippen LogP contribution in [0.15, 0.2) is 24.3 Å². The maximum atomic E-state index is 13.3. The third-order valence-electron chi connectivity index (χ3n) is 9.13. The minimum Gasteiger partial charge on any atom is -0.366 e. The molecule has 6 N–H and O–H groups in total. The van der Waals surface area contributed by atoms with Crippen molar-refractivity contribution in [2.24, 2.45) is 29.2 Å². The number of hydrogen-bond donors (Lipinski definition) is 4. The lowest BCUT2D eigenvalue weighted by molar-refractivity contribution is -0.184. The second-order valence-electron chi connectivity index (χ2n) is 11.5. The topological polar surface area (TPSA) is 111 Å². The van der Waals surface area contributed by atoms with Crippen LogP contribution in [0.1, 0.15) is 53.6 Å². The van der Waals surface area contributed by atoms with Gasteiger partial charge in [-0.1, -0.05) is 29.3 Å². The summed E-state index contributed by atoms with van der Waals surface area (Å²) in [7, 11) is 0. The molecule has 0 unspecified atom stereocenters. The first-order chi connectivity index (χ1) is 19.0. The molecule has 1 aromatic heterocycles. The molecule has 0 bridgehead atoms. The summed E-state index contributed by atoms with van der Waals surface area (Å²) in [5.74, 6) is -0.876. The fourth-order valence-corrected chi connectivity index (χ4v) is 7.28. The van der Waals surface area contributed by atoms with Gasteiger partial charge in [0.15, 0.2) is 0 Å². The van der Waals surface area contributed by atoms with E-state index in [0.29, 0.717) is 63.6 Å². The molecule has 7 nitrogen and oxygen atoms in total. The van der Waals surface area contributed by atoms with Gasteiger partial charge in [-0.15, -0.1) is 0 Å². The first kappa shape index (κ1) is 27.6. The Morgan fingerprint density at radius 1 is 1.20 bits per heavy atom. The highest BCUT2D eigenvalue weighted by Gasteiger charge is 2.59.